The second kappa shape index (κ2) is 11.9. The third-order valence-corrected chi connectivity index (χ3v) is 8.00. The van der Waals surface area contributed by atoms with E-state index in [0.29, 0.717) is 62.7 Å². The summed E-state index contributed by atoms with van der Waals surface area (Å²) < 4.78 is 49.9. The van der Waals surface area contributed by atoms with Crippen LogP contribution in [0.2, 0.25) is 0 Å². The number of likely N-dealkylation sites (tertiary alicyclic amines) is 1. The number of halogens is 3. The molecule has 218 valence electrons. The Morgan fingerprint density at radius 3 is 2.59 bits per heavy atom. The van der Waals surface area contributed by atoms with Gasteiger partial charge in [-0.25, -0.2) is 4.98 Å². The third kappa shape index (κ3) is 6.20. The van der Waals surface area contributed by atoms with Crippen molar-refractivity contribution in [2.24, 2.45) is 0 Å². The number of hydrogen-bond acceptors (Lipinski definition) is 8. The molecule has 9 nitrogen and oxygen atoms in total. The Morgan fingerprint density at radius 2 is 1.93 bits per heavy atom. The van der Waals surface area contributed by atoms with Crippen molar-refractivity contribution < 1.29 is 27.4 Å². The maximum Gasteiger partial charge on any atom is 0.573 e. The van der Waals surface area contributed by atoms with Gasteiger partial charge in [0, 0.05) is 44.3 Å². The fourth-order valence-electron chi connectivity index (χ4n) is 5.87. The largest absolute Gasteiger partial charge is 0.573 e. The van der Waals surface area contributed by atoms with Gasteiger partial charge < -0.3 is 29.1 Å². The Kier molecular flexibility index (Phi) is 8.26. The minimum atomic E-state index is -4.82. The second-order valence-corrected chi connectivity index (χ2v) is 10.5. The number of alkyl halides is 3. The van der Waals surface area contributed by atoms with Crippen LogP contribution in [-0.2, 0) is 17.8 Å². The number of benzene rings is 1. The molecule has 0 saturated carbocycles. The number of piperazine rings is 1. The number of amides is 1. The van der Waals surface area contributed by atoms with Gasteiger partial charge >= 0.3 is 6.36 Å². The molecule has 2 saturated heterocycles. The predicted octanol–water partition coefficient (Wildman–Crippen LogP) is 3.72. The molecule has 1 aromatic carbocycles. The van der Waals surface area contributed by atoms with Crippen LogP contribution in [0.3, 0.4) is 0 Å². The van der Waals surface area contributed by atoms with E-state index in [4.69, 9.17) is 9.72 Å². The van der Waals surface area contributed by atoms with Crippen molar-refractivity contribution in [3.63, 3.8) is 0 Å². The van der Waals surface area contributed by atoms with Gasteiger partial charge in [-0.05, 0) is 51.1 Å². The molecular weight excluding hydrogens is 537 g/mol. The number of carbonyl (C=O) groups is 1. The van der Waals surface area contributed by atoms with Crippen molar-refractivity contribution in [2.45, 2.75) is 38.2 Å². The molecule has 41 heavy (non-hydrogen) atoms. The molecule has 1 unspecified atom stereocenters. The lowest BCUT2D eigenvalue weighted by molar-refractivity contribution is -0.274. The average Bonchev–Trinajstić information content (AvgIpc) is 3.38. The summed E-state index contributed by atoms with van der Waals surface area (Å²) in [7, 11) is 2.04. The van der Waals surface area contributed by atoms with Crippen LogP contribution < -0.4 is 19.3 Å². The highest BCUT2D eigenvalue weighted by Gasteiger charge is 2.35. The molecule has 0 spiro atoms. The van der Waals surface area contributed by atoms with E-state index >= 15 is 0 Å². The van der Waals surface area contributed by atoms with Crippen molar-refractivity contribution in [3.05, 3.63) is 53.7 Å². The number of aromatic nitrogens is 1. The molecule has 3 aliphatic rings. The van der Waals surface area contributed by atoms with Crippen LogP contribution in [-0.4, -0.2) is 86.0 Å². The molecule has 1 aromatic heterocycles. The summed E-state index contributed by atoms with van der Waals surface area (Å²) in [6.07, 6.45) is -1.00. The standard InChI is InChI=1S/C29H33F3N6O3/c1-3-26(39)36-13-15-37(16-14-36)27-21-10-12-38(24-8-4-5-9-25(24)41-29(30,31)32)18-23(21)34-28(22(27)17-33)40-19-20-7-6-11-35(20)2/h3-5,8-9,20H,1,6-7,10-16,18-19H2,2H3. The molecule has 1 amide bonds. The first-order valence-electron chi connectivity index (χ1n) is 13.7. The van der Waals surface area contributed by atoms with Crippen molar-refractivity contribution >= 4 is 17.3 Å². The summed E-state index contributed by atoms with van der Waals surface area (Å²) in [5.41, 5.74) is 2.92. The van der Waals surface area contributed by atoms with Gasteiger partial charge in [0.2, 0.25) is 11.8 Å². The van der Waals surface area contributed by atoms with Gasteiger partial charge in [-0.2, -0.15) is 5.26 Å². The highest BCUT2D eigenvalue weighted by molar-refractivity contribution is 5.87. The zero-order valence-corrected chi connectivity index (χ0v) is 23.0. The smallest absolute Gasteiger partial charge is 0.475 e. The topological polar surface area (TPSA) is 85.2 Å². The van der Waals surface area contributed by atoms with E-state index in [1.165, 1.54) is 18.2 Å². The van der Waals surface area contributed by atoms with Crippen molar-refractivity contribution in [3.8, 4) is 17.7 Å². The minimum Gasteiger partial charge on any atom is -0.475 e. The number of ether oxygens (including phenoxy) is 2. The fraction of sp³-hybridized carbons (Fsp3) is 0.483. The lowest BCUT2D eigenvalue weighted by Crippen LogP contribution is -2.49. The van der Waals surface area contributed by atoms with Gasteiger partial charge in [-0.3, -0.25) is 4.79 Å². The Hall–Kier alpha value is -3.98. The Balaban J connectivity index is 1.49. The molecule has 5 rings (SSSR count). The van der Waals surface area contributed by atoms with Gasteiger partial charge in [-0.15, -0.1) is 13.2 Å². The van der Waals surface area contributed by atoms with Crippen LogP contribution in [0.1, 0.15) is 29.7 Å². The molecule has 12 heteroatoms. The van der Waals surface area contributed by atoms with E-state index < -0.39 is 6.36 Å². The fourth-order valence-corrected chi connectivity index (χ4v) is 5.87. The number of pyridine rings is 1. The average molecular weight is 571 g/mol. The molecule has 0 N–H and O–H groups in total. The van der Waals surface area contributed by atoms with Gasteiger partial charge in [0.25, 0.3) is 0 Å². The molecule has 1 atom stereocenters. The Morgan fingerprint density at radius 1 is 1.17 bits per heavy atom. The first-order valence-corrected chi connectivity index (χ1v) is 13.7. The summed E-state index contributed by atoms with van der Waals surface area (Å²) in [6.45, 7) is 7.54. The van der Waals surface area contributed by atoms with Gasteiger partial charge in [0.15, 0.2) is 5.75 Å². The van der Waals surface area contributed by atoms with E-state index in [2.05, 4.69) is 27.2 Å². The molecule has 2 fully saturated rings. The molecule has 0 bridgehead atoms. The lowest BCUT2D eigenvalue weighted by Gasteiger charge is -2.39. The number of nitrogens with zero attached hydrogens (tertiary/aromatic N) is 6. The molecule has 4 heterocycles. The van der Waals surface area contributed by atoms with E-state index in [9.17, 15) is 23.2 Å². The van der Waals surface area contributed by atoms with Crippen LogP contribution in [0.25, 0.3) is 0 Å². The van der Waals surface area contributed by atoms with Crippen molar-refractivity contribution in [1.82, 2.24) is 14.8 Å². The summed E-state index contributed by atoms with van der Waals surface area (Å²) in [6, 6.07) is 8.60. The second-order valence-electron chi connectivity index (χ2n) is 10.5. The molecule has 0 aliphatic carbocycles. The number of likely N-dealkylation sites (N-methyl/N-ethyl adjacent to an activating group) is 1. The summed E-state index contributed by atoms with van der Waals surface area (Å²) in [4.78, 5) is 24.8. The van der Waals surface area contributed by atoms with Crippen molar-refractivity contribution in [1.29, 1.82) is 5.26 Å². The quantitative estimate of drug-likeness (QED) is 0.466. The molecule has 2 aromatic rings. The summed E-state index contributed by atoms with van der Waals surface area (Å²) >= 11 is 0. The monoisotopic (exact) mass is 570 g/mol. The molecule has 0 radical (unpaired) electrons. The Labute approximate surface area is 237 Å². The summed E-state index contributed by atoms with van der Waals surface area (Å²) in [5, 5.41) is 10.3. The van der Waals surface area contributed by atoms with Crippen LogP contribution >= 0.6 is 0 Å². The van der Waals surface area contributed by atoms with Crippen LogP contribution in [0.4, 0.5) is 24.5 Å². The normalized spacial score (nSPS) is 19.5. The van der Waals surface area contributed by atoms with Gasteiger partial charge in [0.1, 0.15) is 18.2 Å². The molecular formula is C29H33F3N6O3. The van der Waals surface area contributed by atoms with Gasteiger partial charge in [0.05, 0.1) is 23.6 Å². The number of hydrogen-bond donors (Lipinski definition) is 0. The van der Waals surface area contributed by atoms with E-state index in [0.717, 1.165) is 30.6 Å². The number of anilines is 2. The number of para-hydroxylation sites is 2. The Bertz CT molecular complexity index is 1340. The van der Waals surface area contributed by atoms with E-state index in [1.54, 1.807) is 21.9 Å². The maximum absolute atomic E-state index is 13.1. The number of nitriles is 1. The zero-order valence-electron chi connectivity index (χ0n) is 23.0. The predicted molar refractivity (Wildman–Crippen MR) is 147 cm³/mol. The maximum atomic E-state index is 13.1. The van der Waals surface area contributed by atoms with Crippen LogP contribution in [0.5, 0.6) is 11.6 Å². The lowest BCUT2D eigenvalue weighted by atomic mass is 9.97. The highest BCUT2D eigenvalue weighted by Crippen LogP contribution is 2.40. The SMILES string of the molecule is C=CC(=O)N1CCN(c2c(C#N)c(OCC3CCCN3C)nc3c2CCN(c2ccccc2OC(F)(F)F)C3)CC1. The highest BCUT2D eigenvalue weighted by atomic mass is 19.4. The number of fused-ring (bicyclic) bond motifs is 1. The minimum absolute atomic E-state index is 0.137. The van der Waals surface area contributed by atoms with E-state index in [1.807, 2.05) is 7.05 Å². The zero-order chi connectivity index (χ0) is 29.1. The summed E-state index contributed by atoms with van der Waals surface area (Å²) in [5.74, 6) is -0.184. The first kappa shape index (κ1) is 28.5. The van der Waals surface area contributed by atoms with Crippen LogP contribution in [0.15, 0.2) is 36.9 Å². The number of rotatable bonds is 7. The van der Waals surface area contributed by atoms with Gasteiger partial charge in [-0.1, -0.05) is 18.7 Å². The third-order valence-electron chi connectivity index (χ3n) is 8.00. The first-order chi connectivity index (χ1) is 19.7. The van der Waals surface area contributed by atoms with Crippen LogP contribution in [0, 0.1) is 11.3 Å². The molecule has 3 aliphatic heterocycles. The number of carbonyl (C=O) groups excluding carboxylic acids is 1. The van der Waals surface area contributed by atoms with Crippen molar-refractivity contribution in [2.75, 3.05) is 62.7 Å². The van der Waals surface area contributed by atoms with E-state index in [-0.39, 0.29) is 30.1 Å².